The molecule has 1 nitrogen and oxygen atoms in total. The van der Waals surface area contributed by atoms with Crippen LogP contribution >= 0.6 is 0 Å². The Morgan fingerprint density at radius 1 is 1.17 bits per heavy atom. The molecule has 0 aliphatic heterocycles. The quantitative estimate of drug-likeness (QED) is 0.620. The van der Waals surface area contributed by atoms with Gasteiger partial charge in [0.1, 0.15) is 0 Å². The predicted molar refractivity (Wildman–Crippen MR) is 51.1 cm³/mol. The Balaban J connectivity index is 2.67. The van der Waals surface area contributed by atoms with Crippen LogP contribution < -0.4 is 0 Å². The molecule has 0 N–H and O–H groups in total. The van der Waals surface area contributed by atoms with Crippen LogP contribution in [0.2, 0.25) is 0 Å². The maximum atomic E-state index is 4.07. The summed E-state index contributed by atoms with van der Waals surface area (Å²) >= 11 is 0. The van der Waals surface area contributed by atoms with E-state index >= 15 is 0 Å². The smallest absolute Gasteiger partial charge is 0.0346 e. The molecular formula is C11H11N. The fourth-order valence-corrected chi connectivity index (χ4v) is 1.35. The van der Waals surface area contributed by atoms with E-state index in [0.29, 0.717) is 0 Å². The molecule has 0 radical (unpaired) electrons. The lowest BCUT2D eigenvalue weighted by Crippen LogP contribution is -1.80. The number of nitrogens with zero attached hydrogens (tertiary/aromatic N) is 1. The highest BCUT2D eigenvalue weighted by Gasteiger charge is 1.92. The Morgan fingerprint density at radius 2 is 2.08 bits per heavy atom. The topological polar surface area (TPSA) is 12.9 Å². The molecule has 0 saturated carbocycles. The molecule has 2 rings (SSSR count). The molecule has 12 heavy (non-hydrogen) atoms. The summed E-state index contributed by atoms with van der Waals surface area (Å²) in [6.45, 7) is 2.17. The zero-order valence-electron chi connectivity index (χ0n) is 7.12. The van der Waals surface area contributed by atoms with Crippen LogP contribution in [0, 0.1) is 0 Å². The number of pyridine rings is 1. The Morgan fingerprint density at radius 3 is 2.92 bits per heavy atom. The van der Waals surface area contributed by atoms with Gasteiger partial charge in [-0.25, -0.2) is 0 Å². The fourth-order valence-electron chi connectivity index (χ4n) is 1.35. The second kappa shape index (κ2) is 2.94. The van der Waals surface area contributed by atoms with Crippen LogP contribution in [-0.2, 0) is 6.42 Å². The second-order valence-electron chi connectivity index (χ2n) is 2.91. The predicted octanol–water partition coefficient (Wildman–Crippen LogP) is 2.80. The Labute approximate surface area is 72.1 Å². The molecule has 60 valence electrons. The average Bonchev–Trinajstić information content (AvgIpc) is 2.17. The fraction of sp³-hybridized carbons (Fsp3) is 0.182. The van der Waals surface area contributed by atoms with Crippen molar-refractivity contribution >= 4 is 10.8 Å². The van der Waals surface area contributed by atoms with Gasteiger partial charge in [-0.2, -0.15) is 0 Å². The maximum Gasteiger partial charge on any atom is 0.0346 e. The van der Waals surface area contributed by atoms with Crippen LogP contribution in [0.15, 0.2) is 36.7 Å². The molecule has 0 spiro atoms. The highest BCUT2D eigenvalue weighted by atomic mass is 14.6. The summed E-state index contributed by atoms with van der Waals surface area (Å²) in [4.78, 5) is 4.07. The minimum Gasteiger partial charge on any atom is -0.264 e. The minimum atomic E-state index is 1.10. The van der Waals surface area contributed by atoms with Gasteiger partial charge in [-0.15, -0.1) is 0 Å². The molecule has 1 heteroatoms. The third kappa shape index (κ3) is 1.18. The summed E-state index contributed by atoms with van der Waals surface area (Å²) in [5.41, 5.74) is 1.38. The van der Waals surface area contributed by atoms with Gasteiger partial charge in [-0.05, 0) is 23.4 Å². The molecule has 0 aliphatic carbocycles. The van der Waals surface area contributed by atoms with Crippen molar-refractivity contribution in [2.45, 2.75) is 13.3 Å². The van der Waals surface area contributed by atoms with Crippen LogP contribution in [0.5, 0.6) is 0 Å². The van der Waals surface area contributed by atoms with Gasteiger partial charge in [0.15, 0.2) is 0 Å². The van der Waals surface area contributed by atoms with Crippen LogP contribution in [0.1, 0.15) is 12.5 Å². The first kappa shape index (κ1) is 7.29. The third-order valence-corrected chi connectivity index (χ3v) is 2.11. The molecule has 0 saturated heterocycles. The molecule has 0 unspecified atom stereocenters. The van der Waals surface area contributed by atoms with Gasteiger partial charge in [-0.1, -0.05) is 25.1 Å². The summed E-state index contributed by atoms with van der Waals surface area (Å²) in [7, 11) is 0. The van der Waals surface area contributed by atoms with Crippen LogP contribution in [-0.4, -0.2) is 4.98 Å². The average molecular weight is 157 g/mol. The Bertz CT molecular complexity index is 393. The summed E-state index contributed by atoms with van der Waals surface area (Å²) < 4.78 is 0. The van der Waals surface area contributed by atoms with E-state index in [9.17, 15) is 0 Å². The Hall–Kier alpha value is -1.37. The van der Waals surface area contributed by atoms with E-state index in [4.69, 9.17) is 0 Å². The summed E-state index contributed by atoms with van der Waals surface area (Å²) in [6, 6.07) is 8.55. The van der Waals surface area contributed by atoms with E-state index in [1.165, 1.54) is 16.3 Å². The molecule has 1 aromatic heterocycles. The molecular weight excluding hydrogens is 146 g/mol. The zero-order chi connectivity index (χ0) is 8.39. The molecule has 0 fully saturated rings. The lowest BCUT2D eigenvalue weighted by atomic mass is 10.1. The van der Waals surface area contributed by atoms with Crippen molar-refractivity contribution in [2.75, 3.05) is 0 Å². The molecule has 0 amide bonds. The van der Waals surface area contributed by atoms with Crippen LogP contribution in [0.25, 0.3) is 10.8 Å². The first-order valence-corrected chi connectivity index (χ1v) is 4.23. The van der Waals surface area contributed by atoms with Crippen molar-refractivity contribution in [1.82, 2.24) is 4.98 Å². The van der Waals surface area contributed by atoms with E-state index in [0.717, 1.165) is 6.42 Å². The maximum absolute atomic E-state index is 4.07. The SMILES string of the molecule is CCc1ccc2cnccc2c1. The van der Waals surface area contributed by atoms with Crippen molar-refractivity contribution in [3.8, 4) is 0 Å². The molecule has 0 atom stereocenters. The minimum absolute atomic E-state index is 1.10. The third-order valence-electron chi connectivity index (χ3n) is 2.11. The number of fused-ring (bicyclic) bond motifs is 1. The van der Waals surface area contributed by atoms with Crippen LogP contribution in [0.4, 0.5) is 0 Å². The lowest BCUT2D eigenvalue weighted by molar-refractivity contribution is 1.15. The zero-order valence-corrected chi connectivity index (χ0v) is 7.12. The van der Waals surface area contributed by atoms with Gasteiger partial charge in [0.05, 0.1) is 0 Å². The molecule has 0 aliphatic rings. The van der Waals surface area contributed by atoms with Crippen molar-refractivity contribution < 1.29 is 0 Å². The van der Waals surface area contributed by atoms with Crippen LogP contribution in [0.3, 0.4) is 0 Å². The van der Waals surface area contributed by atoms with Crippen molar-refractivity contribution in [2.24, 2.45) is 0 Å². The lowest BCUT2D eigenvalue weighted by Gasteiger charge is -1.99. The van der Waals surface area contributed by atoms with Gasteiger partial charge < -0.3 is 0 Å². The molecule has 0 bridgehead atoms. The summed E-state index contributed by atoms with van der Waals surface area (Å²) in [5, 5.41) is 2.50. The van der Waals surface area contributed by atoms with E-state index in [2.05, 4.69) is 36.2 Å². The number of hydrogen-bond acceptors (Lipinski definition) is 1. The van der Waals surface area contributed by atoms with Crippen molar-refractivity contribution in [1.29, 1.82) is 0 Å². The van der Waals surface area contributed by atoms with Gasteiger partial charge in [-0.3, -0.25) is 4.98 Å². The van der Waals surface area contributed by atoms with E-state index < -0.39 is 0 Å². The number of benzene rings is 1. The number of rotatable bonds is 1. The number of hydrogen-bond donors (Lipinski definition) is 0. The van der Waals surface area contributed by atoms with Gasteiger partial charge in [0.25, 0.3) is 0 Å². The second-order valence-corrected chi connectivity index (χ2v) is 2.91. The largest absolute Gasteiger partial charge is 0.264 e. The molecule has 1 aromatic carbocycles. The van der Waals surface area contributed by atoms with Gasteiger partial charge in [0.2, 0.25) is 0 Å². The summed E-state index contributed by atoms with van der Waals surface area (Å²) in [5.74, 6) is 0. The highest BCUT2D eigenvalue weighted by Crippen LogP contribution is 2.14. The first-order valence-electron chi connectivity index (χ1n) is 4.23. The Kier molecular flexibility index (Phi) is 1.78. The highest BCUT2D eigenvalue weighted by molar-refractivity contribution is 5.81. The number of aromatic nitrogens is 1. The monoisotopic (exact) mass is 157 g/mol. The van der Waals surface area contributed by atoms with Crippen molar-refractivity contribution in [3.63, 3.8) is 0 Å². The molecule has 2 aromatic rings. The van der Waals surface area contributed by atoms with E-state index in [1.54, 1.807) is 0 Å². The number of aryl methyl sites for hydroxylation is 1. The first-order chi connectivity index (χ1) is 5.90. The van der Waals surface area contributed by atoms with Crippen molar-refractivity contribution in [3.05, 3.63) is 42.2 Å². The van der Waals surface area contributed by atoms with Gasteiger partial charge >= 0.3 is 0 Å². The standard InChI is InChI=1S/C11H11N/c1-2-9-3-4-11-8-12-6-5-10(11)7-9/h3-8H,2H2,1H3. The molecule has 1 heterocycles. The van der Waals surface area contributed by atoms with E-state index in [1.807, 2.05) is 12.4 Å². The normalized spacial score (nSPS) is 10.4. The van der Waals surface area contributed by atoms with Gasteiger partial charge in [0, 0.05) is 17.8 Å². The summed E-state index contributed by atoms with van der Waals surface area (Å²) in [6.07, 6.45) is 4.83. The van der Waals surface area contributed by atoms with E-state index in [-0.39, 0.29) is 0 Å².